The summed E-state index contributed by atoms with van der Waals surface area (Å²) in [5.41, 5.74) is 0.179. The second-order valence-electron chi connectivity index (χ2n) is 4.01. The zero-order valence-electron chi connectivity index (χ0n) is 10.00. The number of aromatic nitrogens is 2. The average Bonchev–Trinajstić information content (AvgIpc) is 2.39. The fraction of sp³-hybridized carbons (Fsp3) is 0.154. The van der Waals surface area contributed by atoms with Gasteiger partial charge in [-0.15, -0.1) is 0 Å². The Morgan fingerprint density at radius 3 is 2.63 bits per heavy atom. The van der Waals surface area contributed by atoms with Crippen molar-refractivity contribution in [3.05, 3.63) is 62.8 Å². The van der Waals surface area contributed by atoms with Crippen molar-refractivity contribution in [3.63, 3.8) is 0 Å². The van der Waals surface area contributed by atoms with Gasteiger partial charge in [0.05, 0.1) is 0 Å². The number of carboxylic acid groups (broad SMARTS) is 1. The predicted octanol–water partition coefficient (Wildman–Crippen LogP) is 1.85. The zero-order chi connectivity index (χ0) is 13.8. The summed E-state index contributed by atoms with van der Waals surface area (Å²) in [5.74, 6) is -1.26. The van der Waals surface area contributed by atoms with Gasteiger partial charge in [0, 0.05) is 12.7 Å². The van der Waals surface area contributed by atoms with E-state index in [1.165, 1.54) is 4.57 Å². The summed E-state index contributed by atoms with van der Waals surface area (Å²) in [6.45, 7) is 0.347. The number of rotatable bonds is 4. The van der Waals surface area contributed by atoms with Gasteiger partial charge in [-0.1, -0.05) is 30.3 Å². The largest absolute Gasteiger partial charge is 0.477 e. The van der Waals surface area contributed by atoms with Crippen molar-refractivity contribution in [3.8, 4) is 0 Å². The lowest BCUT2D eigenvalue weighted by molar-refractivity contribution is 0.0693. The van der Waals surface area contributed by atoms with E-state index in [9.17, 15) is 9.59 Å². The maximum Gasteiger partial charge on any atom is 0.342 e. The molecule has 0 atom stereocenters. The van der Waals surface area contributed by atoms with Crippen molar-refractivity contribution in [1.82, 2.24) is 9.55 Å². The van der Waals surface area contributed by atoms with Crippen LogP contribution in [0.25, 0.3) is 0 Å². The molecule has 0 aliphatic rings. The van der Waals surface area contributed by atoms with Gasteiger partial charge in [0.25, 0.3) is 5.56 Å². The standard InChI is InChI=1S/C13H12N2O3S/c16-11-10(12(17)18)8-14-13(19)15(11)7-6-9-4-2-1-3-5-9/h1-5,8H,6-7H2,(H,14,19)(H,17,18). The van der Waals surface area contributed by atoms with Crippen LogP contribution in [0.4, 0.5) is 0 Å². The molecule has 19 heavy (non-hydrogen) atoms. The maximum absolute atomic E-state index is 11.9. The van der Waals surface area contributed by atoms with Crippen LogP contribution in [0.2, 0.25) is 0 Å². The van der Waals surface area contributed by atoms with Crippen LogP contribution < -0.4 is 5.56 Å². The highest BCUT2D eigenvalue weighted by atomic mass is 32.1. The Morgan fingerprint density at radius 2 is 2.00 bits per heavy atom. The lowest BCUT2D eigenvalue weighted by Gasteiger charge is -2.07. The van der Waals surface area contributed by atoms with Crippen LogP contribution in [-0.2, 0) is 13.0 Å². The number of hydrogen-bond donors (Lipinski definition) is 2. The Morgan fingerprint density at radius 1 is 1.32 bits per heavy atom. The Kier molecular flexibility index (Phi) is 3.91. The van der Waals surface area contributed by atoms with Crippen LogP contribution in [0.15, 0.2) is 41.3 Å². The van der Waals surface area contributed by atoms with Gasteiger partial charge in [-0.2, -0.15) is 0 Å². The molecular formula is C13H12N2O3S. The fourth-order valence-electron chi connectivity index (χ4n) is 1.75. The summed E-state index contributed by atoms with van der Waals surface area (Å²) < 4.78 is 1.50. The average molecular weight is 276 g/mol. The molecule has 0 amide bonds. The number of carbonyl (C=O) groups is 1. The molecule has 6 heteroatoms. The number of aromatic amines is 1. The molecular weight excluding hydrogens is 264 g/mol. The summed E-state index contributed by atoms with van der Waals surface area (Å²) in [4.78, 5) is 25.5. The van der Waals surface area contributed by atoms with Gasteiger partial charge < -0.3 is 10.1 Å². The van der Waals surface area contributed by atoms with E-state index in [0.29, 0.717) is 13.0 Å². The van der Waals surface area contributed by atoms with Gasteiger partial charge in [0.2, 0.25) is 0 Å². The number of nitrogens with zero attached hydrogens (tertiary/aromatic N) is 1. The molecule has 2 aromatic rings. The molecule has 0 aliphatic carbocycles. The highest BCUT2D eigenvalue weighted by Gasteiger charge is 2.11. The van der Waals surface area contributed by atoms with Crippen molar-refractivity contribution in [2.24, 2.45) is 0 Å². The molecule has 1 aromatic heterocycles. The molecule has 1 aromatic carbocycles. The fourth-order valence-corrected chi connectivity index (χ4v) is 1.99. The monoisotopic (exact) mass is 276 g/mol. The van der Waals surface area contributed by atoms with Gasteiger partial charge in [-0.25, -0.2) is 4.79 Å². The third-order valence-electron chi connectivity index (χ3n) is 2.76. The number of benzene rings is 1. The molecule has 0 spiro atoms. The second-order valence-corrected chi connectivity index (χ2v) is 4.39. The second kappa shape index (κ2) is 5.62. The highest BCUT2D eigenvalue weighted by Crippen LogP contribution is 2.01. The third-order valence-corrected chi connectivity index (χ3v) is 3.10. The van der Waals surface area contributed by atoms with Crippen LogP contribution in [-0.4, -0.2) is 20.6 Å². The minimum absolute atomic E-state index is 0.228. The van der Waals surface area contributed by atoms with Crippen molar-refractivity contribution in [2.75, 3.05) is 0 Å². The lowest BCUT2D eigenvalue weighted by atomic mass is 10.1. The molecule has 0 saturated carbocycles. The minimum atomic E-state index is -1.26. The molecule has 1 heterocycles. The molecule has 98 valence electrons. The van der Waals surface area contributed by atoms with E-state index in [-0.39, 0.29) is 10.3 Å². The van der Waals surface area contributed by atoms with Crippen molar-refractivity contribution >= 4 is 18.2 Å². The first kappa shape index (κ1) is 13.2. The molecule has 5 nitrogen and oxygen atoms in total. The lowest BCUT2D eigenvalue weighted by Crippen LogP contribution is -2.28. The SMILES string of the molecule is O=C(O)c1c[nH]c(=S)n(CCc2ccccc2)c1=O. The van der Waals surface area contributed by atoms with Crippen LogP contribution in [0.1, 0.15) is 15.9 Å². The smallest absolute Gasteiger partial charge is 0.342 e. The van der Waals surface area contributed by atoms with Crippen molar-refractivity contribution in [2.45, 2.75) is 13.0 Å². The minimum Gasteiger partial charge on any atom is -0.477 e. The van der Waals surface area contributed by atoms with E-state index in [2.05, 4.69) is 4.98 Å². The van der Waals surface area contributed by atoms with E-state index in [4.69, 9.17) is 17.3 Å². The summed E-state index contributed by atoms with van der Waals surface area (Å²) in [7, 11) is 0. The van der Waals surface area contributed by atoms with E-state index < -0.39 is 11.5 Å². The molecule has 0 bridgehead atoms. The molecule has 0 aliphatic heterocycles. The number of carboxylic acids is 1. The number of aryl methyl sites for hydroxylation is 1. The third kappa shape index (κ3) is 2.97. The molecule has 0 radical (unpaired) electrons. The first-order chi connectivity index (χ1) is 9.09. The first-order valence-electron chi connectivity index (χ1n) is 5.69. The first-order valence-corrected chi connectivity index (χ1v) is 6.10. The Labute approximate surface area is 114 Å². The summed E-state index contributed by atoms with van der Waals surface area (Å²) >= 11 is 5.02. The molecule has 0 unspecified atom stereocenters. The number of nitrogens with one attached hydrogen (secondary N) is 1. The van der Waals surface area contributed by atoms with E-state index in [0.717, 1.165) is 11.8 Å². The van der Waals surface area contributed by atoms with Crippen LogP contribution >= 0.6 is 12.2 Å². The van der Waals surface area contributed by atoms with Crippen LogP contribution in [0, 0.1) is 4.77 Å². The van der Waals surface area contributed by atoms with Gasteiger partial charge in [-0.05, 0) is 24.2 Å². The molecule has 2 N–H and O–H groups in total. The van der Waals surface area contributed by atoms with Gasteiger partial charge in [0.1, 0.15) is 5.56 Å². The Bertz CT molecular complexity index is 704. The zero-order valence-corrected chi connectivity index (χ0v) is 10.8. The number of aromatic carboxylic acids is 1. The van der Waals surface area contributed by atoms with E-state index in [1.807, 2.05) is 30.3 Å². The normalized spacial score (nSPS) is 10.3. The van der Waals surface area contributed by atoms with E-state index in [1.54, 1.807) is 0 Å². The van der Waals surface area contributed by atoms with Crippen LogP contribution in [0.5, 0.6) is 0 Å². The topological polar surface area (TPSA) is 75.1 Å². The van der Waals surface area contributed by atoms with E-state index >= 15 is 0 Å². The summed E-state index contributed by atoms with van der Waals surface area (Å²) in [6.07, 6.45) is 1.74. The number of H-pyrrole nitrogens is 1. The van der Waals surface area contributed by atoms with Gasteiger partial charge >= 0.3 is 5.97 Å². The molecule has 2 rings (SSSR count). The quantitative estimate of drug-likeness (QED) is 0.836. The van der Waals surface area contributed by atoms with Gasteiger partial charge in [0.15, 0.2) is 4.77 Å². The summed E-state index contributed by atoms with van der Waals surface area (Å²) in [6, 6.07) is 9.61. The highest BCUT2D eigenvalue weighted by molar-refractivity contribution is 7.71. The predicted molar refractivity (Wildman–Crippen MR) is 73.0 cm³/mol. The van der Waals surface area contributed by atoms with Crippen LogP contribution in [0.3, 0.4) is 0 Å². The summed E-state index contributed by atoms with van der Waals surface area (Å²) in [5, 5.41) is 8.90. The Balaban J connectivity index is 2.30. The maximum atomic E-state index is 11.9. The molecule has 0 saturated heterocycles. The van der Waals surface area contributed by atoms with Gasteiger partial charge in [-0.3, -0.25) is 9.36 Å². The Hall–Kier alpha value is -2.21. The molecule has 0 fully saturated rings. The van der Waals surface area contributed by atoms with Crippen molar-refractivity contribution < 1.29 is 9.90 Å². The van der Waals surface area contributed by atoms with Crippen molar-refractivity contribution in [1.29, 1.82) is 0 Å². The number of hydrogen-bond acceptors (Lipinski definition) is 3.